The Morgan fingerprint density at radius 3 is 2.73 bits per heavy atom. The van der Waals surface area contributed by atoms with Crippen LogP contribution >= 0.6 is 0 Å². The fourth-order valence-electron chi connectivity index (χ4n) is 1.36. The smallest absolute Gasteiger partial charge is 0.271 e. The highest BCUT2D eigenvalue weighted by atomic mass is 19.3. The zero-order valence-electron chi connectivity index (χ0n) is 8.21. The molecule has 1 N–H and O–H groups in total. The van der Waals surface area contributed by atoms with Gasteiger partial charge in [0.05, 0.1) is 0 Å². The minimum atomic E-state index is -2.70. The average molecular weight is 213 g/mol. The van der Waals surface area contributed by atoms with E-state index >= 15 is 0 Å². The number of aromatic amines is 1. The first-order valence-electron chi connectivity index (χ1n) is 4.37. The SMILES string of the molecule is Cc1cc2nc(C(F)F)[nH]n2c(=O)c1C. The summed E-state index contributed by atoms with van der Waals surface area (Å²) in [5, 5.41) is 2.27. The molecule has 4 nitrogen and oxygen atoms in total. The van der Waals surface area contributed by atoms with E-state index in [1.54, 1.807) is 19.9 Å². The molecule has 15 heavy (non-hydrogen) atoms. The second kappa shape index (κ2) is 3.15. The standard InChI is InChI=1S/C9H9F2N3O/c1-4-3-6-12-8(7(10)11)13-14(6)9(15)5(4)2/h3,7H,1-2H3,(H,12,13). The van der Waals surface area contributed by atoms with Gasteiger partial charge >= 0.3 is 0 Å². The van der Waals surface area contributed by atoms with Crippen molar-refractivity contribution in [3.05, 3.63) is 33.4 Å². The first kappa shape index (κ1) is 9.82. The number of fused-ring (bicyclic) bond motifs is 1. The van der Waals surface area contributed by atoms with Crippen molar-refractivity contribution >= 4 is 5.65 Å². The summed E-state index contributed by atoms with van der Waals surface area (Å²) < 4.78 is 25.7. The number of H-pyrrole nitrogens is 1. The molecule has 2 aromatic rings. The van der Waals surface area contributed by atoms with Crippen LogP contribution in [0.25, 0.3) is 5.65 Å². The molecule has 0 amide bonds. The van der Waals surface area contributed by atoms with Crippen LogP contribution in [0.5, 0.6) is 0 Å². The van der Waals surface area contributed by atoms with Gasteiger partial charge in [-0.1, -0.05) is 0 Å². The lowest BCUT2D eigenvalue weighted by atomic mass is 10.2. The monoisotopic (exact) mass is 213 g/mol. The molecule has 0 spiro atoms. The van der Waals surface area contributed by atoms with Crippen molar-refractivity contribution in [1.82, 2.24) is 14.6 Å². The third-order valence-corrected chi connectivity index (χ3v) is 2.36. The lowest BCUT2D eigenvalue weighted by molar-refractivity contribution is 0.140. The maximum absolute atomic E-state index is 12.3. The molecule has 6 heteroatoms. The molecule has 0 aromatic carbocycles. The van der Waals surface area contributed by atoms with E-state index in [2.05, 4.69) is 10.1 Å². The fourth-order valence-corrected chi connectivity index (χ4v) is 1.36. The molecule has 0 fully saturated rings. The van der Waals surface area contributed by atoms with Crippen LogP contribution in [-0.4, -0.2) is 14.6 Å². The van der Waals surface area contributed by atoms with Crippen LogP contribution in [0.3, 0.4) is 0 Å². The number of hydrogen-bond donors (Lipinski definition) is 1. The molecule has 0 bridgehead atoms. The molecule has 2 heterocycles. The van der Waals surface area contributed by atoms with Gasteiger partial charge in [-0.2, -0.15) is 4.52 Å². The van der Waals surface area contributed by atoms with Gasteiger partial charge in [-0.3, -0.25) is 9.89 Å². The molecule has 0 aliphatic rings. The molecule has 2 rings (SSSR count). The van der Waals surface area contributed by atoms with Gasteiger partial charge in [-0.25, -0.2) is 13.8 Å². The highest BCUT2D eigenvalue weighted by Crippen LogP contribution is 2.15. The summed E-state index contributed by atoms with van der Waals surface area (Å²) in [6.45, 7) is 3.39. The van der Waals surface area contributed by atoms with E-state index < -0.39 is 12.2 Å². The number of rotatable bonds is 1. The summed E-state index contributed by atoms with van der Waals surface area (Å²) in [5.74, 6) is -0.489. The molecule has 0 atom stereocenters. The molecule has 0 saturated carbocycles. The van der Waals surface area contributed by atoms with Gasteiger partial charge in [0.25, 0.3) is 12.0 Å². The number of aromatic nitrogens is 3. The minimum Gasteiger partial charge on any atom is -0.271 e. The number of pyridine rings is 1. The maximum Gasteiger partial charge on any atom is 0.296 e. The summed E-state index contributed by atoms with van der Waals surface area (Å²) in [4.78, 5) is 15.3. The summed E-state index contributed by atoms with van der Waals surface area (Å²) in [7, 11) is 0. The van der Waals surface area contributed by atoms with E-state index in [1.807, 2.05) is 0 Å². The normalized spacial score (nSPS) is 11.5. The third-order valence-electron chi connectivity index (χ3n) is 2.36. The Hall–Kier alpha value is -1.72. The first-order valence-corrected chi connectivity index (χ1v) is 4.37. The molecule has 0 aliphatic carbocycles. The van der Waals surface area contributed by atoms with Crippen LogP contribution < -0.4 is 5.56 Å². The van der Waals surface area contributed by atoms with E-state index in [0.29, 0.717) is 5.56 Å². The number of hydrogen-bond acceptors (Lipinski definition) is 2. The number of halogens is 2. The fraction of sp³-hybridized carbons (Fsp3) is 0.333. The minimum absolute atomic E-state index is 0.221. The van der Waals surface area contributed by atoms with E-state index in [9.17, 15) is 13.6 Å². The Labute approximate surface area is 83.5 Å². The zero-order valence-corrected chi connectivity index (χ0v) is 8.21. The molecule has 80 valence electrons. The Bertz CT molecular complexity index is 570. The second-order valence-electron chi connectivity index (χ2n) is 3.36. The highest BCUT2D eigenvalue weighted by molar-refractivity contribution is 5.43. The second-order valence-corrected chi connectivity index (χ2v) is 3.36. The van der Waals surface area contributed by atoms with Gasteiger partial charge < -0.3 is 0 Å². The summed E-state index contributed by atoms with van der Waals surface area (Å²) in [5.41, 5.74) is 1.15. The van der Waals surface area contributed by atoms with Gasteiger partial charge in [0, 0.05) is 5.56 Å². The molecule has 0 saturated heterocycles. The van der Waals surface area contributed by atoms with Crippen LogP contribution in [0.4, 0.5) is 8.78 Å². The predicted octanol–water partition coefficient (Wildman–Crippen LogP) is 1.58. The van der Waals surface area contributed by atoms with E-state index in [0.717, 1.165) is 10.1 Å². The molecule has 0 aliphatic heterocycles. The van der Waals surface area contributed by atoms with Crippen molar-refractivity contribution in [2.24, 2.45) is 0 Å². The number of nitrogens with zero attached hydrogens (tertiary/aromatic N) is 2. The Kier molecular flexibility index (Phi) is 2.06. The van der Waals surface area contributed by atoms with Crippen LogP contribution in [0.2, 0.25) is 0 Å². The van der Waals surface area contributed by atoms with Crippen LogP contribution in [-0.2, 0) is 0 Å². The van der Waals surface area contributed by atoms with Gasteiger partial charge in [-0.05, 0) is 25.5 Å². The van der Waals surface area contributed by atoms with Crippen molar-refractivity contribution in [3.63, 3.8) is 0 Å². The maximum atomic E-state index is 12.3. The lowest BCUT2D eigenvalue weighted by Crippen LogP contribution is -2.17. The van der Waals surface area contributed by atoms with Gasteiger partial charge in [0.1, 0.15) is 0 Å². The van der Waals surface area contributed by atoms with Crippen LogP contribution in [0.15, 0.2) is 10.9 Å². The number of alkyl halides is 2. The molecular formula is C9H9F2N3O. The van der Waals surface area contributed by atoms with Crippen molar-refractivity contribution in [2.75, 3.05) is 0 Å². The summed E-state index contributed by atoms with van der Waals surface area (Å²) >= 11 is 0. The Morgan fingerprint density at radius 1 is 1.47 bits per heavy atom. The van der Waals surface area contributed by atoms with Gasteiger partial charge in [0.15, 0.2) is 11.5 Å². The first-order chi connectivity index (χ1) is 7.00. The molecule has 0 radical (unpaired) electrons. The van der Waals surface area contributed by atoms with E-state index in [-0.39, 0.29) is 11.2 Å². The Morgan fingerprint density at radius 2 is 2.13 bits per heavy atom. The average Bonchev–Trinajstić information content (AvgIpc) is 2.58. The Balaban J connectivity index is 2.82. The van der Waals surface area contributed by atoms with E-state index in [4.69, 9.17) is 0 Å². The van der Waals surface area contributed by atoms with Crippen molar-refractivity contribution in [3.8, 4) is 0 Å². The van der Waals surface area contributed by atoms with Gasteiger partial charge in [-0.15, -0.1) is 0 Å². The van der Waals surface area contributed by atoms with E-state index in [1.165, 1.54) is 0 Å². The molecule has 0 unspecified atom stereocenters. The number of nitrogens with one attached hydrogen (secondary N) is 1. The highest BCUT2D eigenvalue weighted by Gasteiger charge is 2.14. The van der Waals surface area contributed by atoms with Crippen molar-refractivity contribution < 1.29 is 8.78 Å². The summed E-state index contributed by atoms with van der Waals surface area (Å²) in [6, 6.07) is 1.60. The van der Waals surface area contributed by atoms with Gasteiger partial charge in [0.2, 0.25) is 0 Å². The zero-order chi connectivity index (χ0) is 11.2. The van der Waals surface area contributed by atoms with Crippen molar-refractivity contribution in [2.45, 2.75) is 20.3 Å². The summed E-state index contributed by atoms with van der Waals surface area (Å²) in [6.07, 6.45) is -2.70. The van der Waals surface area contributed by atoms with Crippen LogP contribution in [0, 0.1) is 13.8 Å². The lowest BCUT2D eigenvalue weighted by Gasteiger charge is -1.98. The molecular weight excluding hydrogens is 204 g/mol. The largest absolute Gasteiger partial charge is 0.296 e. The number of aryl methyl sites for hydroxylation is 1. The quantitative estimate of drug-likeness (QED) is 0.781. The van der Waals surface area contributed by atoms with Crippen molar-refractivity contribution in [1.29, 1.82) is 0 Å². The predicted molar refractivity (Wildman–Crippen MR) is 50.2 cm³/mol. The topological polar surface area (TPSA) is 50.2 Å². The van der Waals surface area contributed by atoms with Crippen LogP contribution in [0.1, 0.15) is 23.4 Å². The molecule has 2 aromatic heterocycles. The third kappa shape index (κ3) is 1.42.